The molecule has 1 aliphatic carbocycles. The molecule has 0 bridgehead atoms. The number of rotatable bonds is 9. The van der Waals surface area contributed by atoms with Crippen LogP contribution in [0.1, 0.15) is 29.0 Å². The van der Waals surface area contributed by atoms with E-state index in [4.69, 9.17) is 4.74 Å². The van der Waals surface area contributed by atoms with Crippen molar-refractivity contribution in [3.63, 3.8) is 0 Å². The molecule has 35 heavy (non-hydrogen) atoms. The maximum absolute atomic E-state index is 12.6. The minimum absolute atomic E-state index is 0.0773. The normalized spacial score (nSPS) is 13.7. The van der Waals surface area contributed by atoms with Gasteiger partial charge in [0.15, 0.2) is 0 Å². The Kier molecular flexibility index (Phi) is 7.42. The number of carbonyl (C=O) groups is 3. The lowest BCUT2D eigenvalue weighted by atomic mass is 9.89. The third kappa shape index (κ3) is 5.67. The van der Waals surface area contributed by atoms with Gasteiger partial charge in [-0.25, -0.2) is 9.59 Å². The Morgan fingerprint density at radius 3 is 2.03 bits per heavy atom. The van der Waals surface area contributed by atoms with Gasteiger partial charge in [0.25, 0.3) is 0 Å². The molecule has 2 atom stereocenters. The number of alkyl carbamates (subject to hydrolysis) is 1. The fourth-order valence-corrected chi connectivity index (χ4v) is 4.34. The molecule has 3 aromatic rings. The van der Waals surface area contributed by atoms with E-state index >= 15 is 0 Å². The van der Waals surface area contributed by atoms with E-state index in [1.807, 2.05) is 78.9 Å². The largest absolute Gasteiger partial charge is 0.480 e. The van der Waals surface area contributed by atoms with Crippen molar-refractivity contribution in [3.8, 4) is 11.1 Å². The topological polar surface area (TPSA) is 125 Å². The minimum atomic E-state index is -1.22. The minimum Gasteiger partial charge on any atom is -0.480 e. The first kappa shape index (κ1) is 24.0. The summed E-state index contributed by atoms with van der Waals surface area (Å²) >= 11 is 0. The van der Waals surface area contributed by atoms with E-state index in [0.717, 1.165) is 27.8 Å². The molecule has 0 aromatic heterocycles. The second-order valence-corrected chi connectivity index (χ2v) is 8.34. The van der Waals surface area contributed by atoms with E-state index in [1.54, 1.807) is 0 Å². The second-order valence-electron chi connectivity index (χ2n) is 8.34. The lowest BCUT2D eigenvalue weighted by molar-refractivity contribution is -0.142. The maximum atomic E-state index is 12.6. The Hall–Kier alpha value is -4.17. The summed E-state index contributed by atoms with van der Waals surface area (Å²) in [6.07, 6.45) is -2.31. The highest BCUT2D eigenvalue weighted by molar-refractivity contribution is 5.88. The van der Waals surface area contributed by atoms with Gasteiger partial charge in [-0.15, -0.1) is 0 Å². The van der Waals surface area contributed by atoms with E-state index in [-0.39, 0.29) is 19.6 Å². The van der Waals surface area contributed by atoms with Crippen LogP contribution in [0.2, 0.25) is 0 Å². The van der Waals surface area contributed by atoms with Crippen LogP contribution in [0.5, 0.6) is 0 Å². The van der Waals surface area contributed by atoms with Crippen molar-refractivity contribution in [3.05, 3.63) is 95.6 Å². The molecule has 2 amide bonds. The zero-order valence-electron chi connectivity index (χ0n) is 18.9. The molecule has 0 radical (unpaired) electrons. The van der Waals surface area contributed by atoms with Crippen molar-refractivity contribution in [2.75, 3.05) is 6.54 Å². The number of amides is 2. The second kappa shape index (κ2) is 10.8. The van der Waals surface area contributed by atoms with E-state index in [0.29, 0.717) is 0 Å². The Bertz CT molecular complexity index is 1170. The quantitative estimate of drug-likeness (QED) is 0.378. The summed E-state index contributed by atoms with van der Waals surface area (Å²) in [7, 11) is 0. The lowest BCUT2D eigenvalue weighted by Crippen LogP contribution is -2.46. The number of carbonyl (C=O) groups excluding carboxylic acids is 2. The van der Waals surface area contributed by atoms with Gasteiger partial charge in [-0.1, -0.05) is 78.9 Å². The lowest BCUT2D eigenvalue weighted by Gasteiger charge is -2.24. The van der Waals surface area contributed by atoms with Gasteiger partial charge in [0, 0.05) is 12.5 Å². The van der Waals surface area contributed by atoms with Crippen LogP contribution in [-0.4, -0.2) is 46.9 Å². The maximum Gasteiger partial charge on any atom is 0.407 e. The number of hydrogen-bond acceptors (Lipinski definition) is 5. The number of hydrogen-bond donors (Lipinski definition) is 4. The Morgan fingerprint density at radius 1 is 0.857 bits per heavy atom. The molecule has 8 nitrogen and oxygen atoms in total. The van der Waals surface area contributed by atoms with Gasteiger partial charge in [-0.3, -0.25) is 4.79 Å². The number of aliphatic hydroxyl groups excluding tert-OH is 1. The van der Waals surface area contributed by atoms with Crippen LogP contribution < -0.4 is 10.6 Å². The number of ether oxygens (including phenoxy) is 1. The monoisotopic (exact) mass is 474 g/mol. The highest BCUT2D eigenvalue weighted by atomic mass is 16.5. The summed E-state index contributed by atoms with van der Waals surface area (Å²) < 4.78 is 5.07. The number of aliphatic hydroxyl groups is 1. The number of carboxylic acid groups (broad SMARTS) is 1. The molecule has 0 spiro atoms. The van der Waals surface area contributed by atoms with Crippen molar-refractivity contribution in [1.82, 2.24) is 10.6 Å². The van der Waals surface area contributed by atoms with Crippen LogP contribution >= 0.6 is 0 Å². The van der Waals surface area contributed by atoms with Crippen molar-refractivity contribution in [2.45, 2.75) is 31.1 Å². The number of benzene rings is 3. The molecule has 0 unspecified atom stereocenters. The number of carboxylic acids is 1. The molecule has 1 aliphatic rings. The molecule has 4 rings (SSSR count). The first-order chi connectivity index (χ1) is 16.9. The van der Waals surface area contributed by atoms with Crippen LogP contribution in [0, 0.1) is 0 Å². The van der Waals surface area contributed by atoms with Gasteiger partial charge < -0.3 is 25.6 Å². The third-order valence-corrected chi connectivity index (χ3v) is 5.91. The van der Waals surface area contributed by atoms with Crippen LogP contribution in [-0.2, 0) is 20.9 Å². The predicted octanol–water partition coefficient (Wildman–Crippen LogP) is 3.05. The fraction of sp³-hybridized carbons (Fsp3) is 0.222. The van der Waals surface area contributed by atoms with Crippen molar-refractivity contribution < 1.29 is 29.3 Å². The molecule has 8 heteroatoms. The van der Waals surface area contributed by atoms with Crippen molar-refractivity contribution in [2.24, 2.45) is 0 Å². The first-order valence-electron chi connectivity index (χ1n) is 11.3. The highest BCUT2D eigenvalue weighted by Gasteiger charge is 2.38. The standard InChI is InChI=1S/C27H26N2O6/c30-18(15-28-27(34)35-16-17-8-2-1-3-9-17)14-23(31)29-25(26(32)33)24-21-12-6-4-10-19(21)20-11-5-7-13-22(20)24/h1-13,18,24-25,30H,14-16H2,(H,28,34)(H,29,31)(H,32,33)/t18-,25+/m1/s1. The Morgan fingerprint density at radius 2 is 1.43 bits per heavy atom. The summed E-state index contributed by atoms with van der Waals surface area (Å²) in [6.45, 7) is -0.137. The Labute approximate surface area is 202 Å². The highest BCUT2D eigenvalue weighted by Crippen LogP contribution is 2.46. The van der Waals surface area contributed by atoms with Gasteiger partial charge in [0.2, 0.25) is 5.91 Å². The number of nitrogens with one attached hydrogen (secondary N) is 2. The average molecular weight is 475 g/mol. The molecule has 0 saturated heterocycles. The Balaban J connectivity index is 1.34. The van der Waals surface area contributed by atoms with E-state index in [9.17, 15) is 24.6 Å². The van der Waals surface area contributed by atoms with Crippen molar-refractivity contribution >= 4 is 18.0 Å². The molecule has 4 N–H and O–H groups in total. The summed E-state index contributed by atoms with van der Waals surface area (Å²) in [5, 5.41) is 25.1. The molecule has 3 aromatic carbocycles. The van der Waals surface area contributed by atoms with Crippen LogP contribution in [0.4, 0.5) is 4.79 Å². The van der Waals surface area contributed by atoms with Gasteiger partial charge in [0.05, 0.1) is 12.5 Å². The third-order valence-electron chi connectivity index (χ3n) is 5.91. The predicted molar refractivity (Wildman–Crippen MR) is 129 cm³/mol. The summed E-state index contributed by atoms with van der Waals surface area (Å²) in [6, 6.07) is 23.0. The van der Waals surface area contributed by atoms with Crippen LogP contribution in [0.25, 0.3) is 11.1 Å². The van der Waals surface area contributed by atoms with Crippen LogP contribution in [0.3, 0.4) is 0 Å². The molecular weight excluding hydrogens is 448 g/mol. The summed E-state index contributed by atoms with van der Waals surface area (Å²) in [5.41, 5.74) is 4.34. The molecule has 0 aliphatic heterocycles. The molecule has 0 heterocycles. The molecule has 0 fully saturated rings. The van der Waals surface area contributed by atoms with Gasteiger partial charge in [-0.05, 0) is 27.8 Å². The first-order valence-corrected chi connectivity index (χ1v) is 11.3. The summed E-state index contributed by atoms with van der Waals surface area (Å²) in [4.78, 5) is 36.7. The van der Waals surface area contributed by atoms with Crippen LogP contribution in [0.15, 0.2) is 78.9 Å². The SMILES string of the molecule is O=C(C[C@@H](O)CNC(=O)OCc1ccccc1)N[C@H](C(=O)O)C1c2ccccc2-c2ccccc21. The van der Waals surface area contributed by atoms with E-state index in [2.05, 4.69) is 10.6 Å². The summed E-state index contributed by atoms with van der Waals surface area (Å²) in [5.74, 6) is -2.37. The average Bonchev–Trinajstić information content (AvgIpc) is 3.19. The number of fused-ring (bicyclic) bond motifs is 3. The number of aliphatic carboxylic acids is 1. The van der Waals surface area contributed by atoms with Gasteiger partial charge >= 0.3 is 12.1 Å². The fourth-order valence-electron chi connectivity index (χ4n) is 4.34. The van der Waals surface area contributed by atoms with Crippen molar-refractivity contribution in [1.29, 1.82) is 0 Å². The van der Waals surface area contributed by atoms with E-state index in [1.165, 1.54) is 0 Å². The molecule has 180 valence electrons. The smallest absolute Gasteiger partial charge is 0.407 e. The van der Waals surface area contributed by atoms with Gasteiger partial charge in [-0.2, -0.15) is 0 Å². The molecular formula is C27H26N2O6. The molecule has 0 saturated carbocycles. The van der Waals surface area contributed by atoms with E-state index < -0.39 is 36.0 Å². The zero-order valence-corrected chi connectivity index (χ0v) is 18.9. The van der Waals surface area contributed by atoms with Gasteiger partial charge in [0.1, 0.15) is 12.6 Å². The zero-order chi connectivity index (χ0) is 24.8.